The van der Waals surface area contributed by atoms with Gasteiger partial charge in [-0.3, -0.25) is 4.40 Å². The zero-order chi connectivity index (χ0) is 20.5. The van der Waals surface area contributed by atoms with E-state index in [0.717, 1.165) is 22.4 Å². The minimum absolute atomic E-state index is 0.0610. The Labute approximate surface area is 172 Å². The number of hydrogen-bond acceptors (Lipinski definition) is 5. The molecule has 3 aromatic heterocycles. The van der Waals surface area contributed by atoms with Crippen LogP contribution < -0.4 is 5.32 Å². The van der Waals surface area contributed by atoms with Gasteiger partial charge in [0.2, 0.25) is 5.95 Å². The molecule has 1 N–H and O–H groups in total. The van der Waals surface area contributed by atoms with E-state index in [9.17, 15) is 8.87 Å². The molecular weight excluding hydrogens is 386 g/mol. The van der Waals surface area contributed by atoms with Crippen molar-refractivity contribution in [2.24, 2.45) is 0 Å². The number of pyridine rings is 1. The first kappa shape index (κ1) is 18.6. The van der Waals surface area contributed by atoms with E-state index in [1.165, 1.54) is 0 Å². The molecule has 8 heteroatoms. The summed E-state index contributed by atoms with van der Waals surface area (Å²) < 4.78 is 29.6. The lowest BCUT2D eigenvalue weighted by Gasteiger charge is -2.26. The van der Waals surface area contributed by atoms with Gasteiger partial charge in [-0.05, 0) is 36.1 Å². The van der Waals surface area contributed by atoms with Crippen molar-refractivity contribution < 1.29 is 8.87 Å². The number of piperidine rings is 1. The van der Waals surface area contributed by atoms with Crippen LogP contribution in [0.25, 0.3) is 28.2 Å². The molecule has 0 spiro atoms. The summed E-state index contributed by atoms with van der Waals surface area (Å²) in [5, 5.41) is 4.00. The molecule has 0 unspecified atom stereocenters. The maximum Gasteiger partial charge on any atom is 0.223 e. The van der Waals surface area contributed by atoms with E-state index >= 15 is 0 Å². The first-order valence-corrected chi connectivity index (χ1v) is 9.90. The third-order valence-electron chi connectivity index (χ3n) is 5.38. The second-order valence-electron chi connectivity index (χ2n) is 7.37. The summed E-state index contributed by atoms with van der Waals surface area (Å²) >= 11 is 0. The van der Waals surface area contributed by atoms with E-state index < -0.39 is 5.82 Å². The van der Waals surface area contributed by atoms with Crippen molar-refractivity contribution >= 4 is 11.6 Å². The van der Waals surface area contributed by atoms with Gasteiger partial charge in [0, 0.05) is 25.3 Å². The Kier molecular flexibility index (Phi) is 4.84. The van der Waals surface area contributed by atoms with E-state index in [2.05, 4.69) is 20.3 Å². The molecule has 1 fully saturated rings. The van der Waals surface area contributed by atoms with Crippen LogP contribution in [0.2, 0.25) is 0 Å². The van der Waals surface area contributed by atoms with Gasteiger partial charge in [0.05, 0.1) is 18.1 Å². The Balaban J connectivity index is 1.46. The molecule has 30 heavy (non-hydrogen) atoms. The fourth-order valence-electron chi connectivity index (χ4n) is 3.76. The highest BCUT2D eigenvalue weighted by atomic mass is 19.2. The Morgan fingerprint density at radius 3 is 2.57 bits per heavy atom. The third kappa shape index (κ3) is 3.61. The zero-order valence-electron chi connectivity index (χ0n) is 16.2. The van der Waals surface area contributed by atoms with Crippen LogP contribution in [0.4, 0.5) is 14.8 Å². The molecular formula is C22H20F2N6. The Bertz CT molecular complexity index is 1170. The van der Waals surface area contributed by atoms with Crippen LogP contribution in [0.3, 0.4) is 0 Å². The molecule has 0 radical (unpaired) electrons. The van der Waals surface area contributed by atoms with Gasteiger partial charge in [-0.1, -0.05) is 30.3 Å². The van der Waals surface area contributed by atoms with Crippen LogP contribution in [0.1, 0.15) is 12.8 Å². The van der Waals surface area contributed by atoms with Crippen LogP contribution in [-0.4, -0.2) is 43.6 Å². The van der Waals surface area contributed by atoms with Gasteiger partial charge in [-0.25, -0.2) is 19.3 Å². The first-order chi connectivity index (χ1) is 14.7. The Hall–Kier alpha value is -3.39. The maximum atomic E-state index is 14.6. The highest BCUT2D eigenvalue weighted by Crippen LogP contribution is 2.26. The number of nitrogens with zero attached hydrogens (tertiary/aromatic N) is 5. The number of hydrogen-bond donors (Lipinski definition) is 1. The van der Waals surface area contributed by atoms with Crippen molar-refractivity contribution in [3.05, 3.63) is 66.9 Å². The van der Waals surface area contributed by atoms with E-state index in [4.69, 9.17) is 0 Å². The topological polar surface area (TPSA) is 58.4 Å². The van der Waals surface area contributed by atoms with Crippen molar-refractivity contribution in [3.8, 4) is 22.5 Å². The molecule has 0 atom stereocenters. The van der Waals surface area contributed by atoms with Gasteiger partial charge >= 0.3 is 0 Å². The molecule has 4 heterocycles. The second kappa shape index (κ2) is 7.79. The smallest absolute Gasteiger partial charge is 0.223 e. The second-order valence-corrected chi connectivity index (χ2v) is 7.37. The molecule has 1 aliphatic rings. The van der Waals surface area contributed by atoms with Gasteiger partial charge < -0.3 is 5.32 Å². The number of fused-ring (bicyclic) bond motifs is 1. The predicted octanol–water partition coefficient (Wildman–Crippen LogP) is 4.36. The van der Waals surface area contributed by atoms with Crippen molar-refractivity contribution in [2.45, 2.75) is 18.9 Å². The summed E-state index contributed by atoms with van der Waals surface area (Å²) in [5.74, 6) is -0.187. The normalized spacial score (nSPS) is 15.5. The van der Waals surface area contributed by atoms with Crippen molar-refractivity contribution in [1.29, 1.82) is 0 Å². The third-order valence-corrected chi connectivity index (χ3v) is 5.38. The molecule has 4 aromatic rings. The van der Waals surface area contributed by atoms with Crippen molar-refractivity contribution in [2.75, 3.05) is 18.4 Å². The highest BCUT2D eigenvalue weighted by molar-refractivity contribution is 5.70. The summed E-state index contributed by atoms with van der Waals surface area (Å²) in [7, 11) is 0. The van der Waals surface area contributed by atoms with E-state index in [1.807, 2.05) is 53.1 Å². The highest BCUT2D eigenvalue weighted by Gasteiger charge is 2.21. The Morgan fingerprint density at radius 2 is 1.77 bits per heavy atom. The number of benzene rings is 1. The van der Waals surface area contributed by atoms with E-state index in [-0.39, 0.29) is 11.7 Å². The van der Waals surface area contributed by atoms with E-state index in [0.29, 0.717) is 43.2 Å². The minimum Gasteiger partial charge on any atom is -0.351 e. The summed E-state index contributed by atoms with van der Waals surface area (Å²) in [6.07, 6.45) is 5.92. The number of halogens is 2. The molecule has 1 aromatic carbocycles. The van der Waals surface area contributed by atoms with Gasteiger partial charge in [0.1, 0.15) is 11.3 Å². The van der Waals surface area contributed by atoms with Gasteiger partial charge in [0.15, 0.2) is 5.82 Å². The Morgan fingerprint density at radius 1 is 0.967 bits per heavy atom. The average Bonchev–Trinajstić information content (AvgIpc) is 3.20. The minimum atomic E-state index is -0.520. The lowest BCUT2D eigenvalue weighted by molar-refractivity contribution is 0.00327. The fourth-order valence-corrected chi connectivity index (χ4v) is 3.76. The molecule has 5 rings (SSSR count). The number of anilines is 1. The molecule has 6 nitrogen and oxygen atoms in total. The van der Waals surface area contributed by atoms with Crippen molar-refractivity contribution in [3.63, 3.8) is 0 Å². The number of imidazole rings is 1. The van der Waals surface area contributed by atoms with Gasteiger partial charge in [0.25, 0.3) is 0 Å². The summed E-state index contributed by atoms with van der Waals surface area (Å²) in [4.78, 5) is 12.9. The predicted molar refractivity (Wildman–Crippen MR) is 111 cm³/mol. The molecule has 1 saturated heterocycles. The summed E-state index contributed by atoms with van der Waals surface area (Å²) in [6.45, 7) is 0.728. The summed E-state index contributed by atoms with van der Waals surface area (Å²) in [6, 6.07) is 14.0. The average molecular weight is 406 g/mol. The van der Waals surface area contributed by atoms with Crippen LogP contribution in [0, 0.1) is 5.82 Å². The van der Waals surface area contributed by atoms with Crippen LogP contribution in [0.15, 0.2) is 61.1 Å². The summed E-state index contributed by atoms with van der Waals surface area (Å²) in [5.41, 5.74) is 3.55. The first-order valence-electron chi connectivity index (χ1n) is 9.90. The molecule has 0 aliphatic carbocycles. The number of rotatable bonds is 4. The van der Waals surface area contributed by atoms with Crippen LogP contribution in [0.5, 0.6) is 0 Å². The standard InChI is InChI=1S/C22H20F2N6/c23-18-13-26-22(27-17-7-9-29(24)10-8-17)28-21(18)19-14-25-20-12-16(6-11-30(19)20)15-4-2-1-3-5-15/h1-6,11-14,17H,7-10H2,(H,26,27,28). The number of nitrogens with one attached hydrogen (secondary N) is 1. The quantitative estimate of drug-likeness (QED) is 0.511. The van der Waals surface area contributed by atoms with Gasteiger partial charge in [-0.2, -0.15) is 0 Å². The molecule has 0 saturated carbocycles. The lowest BCUT2D eigenvalue weighted by atomic mass is 10.1. The molecule has 0 amide bonds. The lowest BCUT2D eigenvalue weighted by Crippen LogP contribution is -2.35. The van der Waals surface area contributed by atoms with Crippen LogP contribution in [-0.2, 0) is 0 Å². The SMILES string of the molecule is Fc1cnc(NC2CCN(F)CC2)nc1-c1cnc2cc(-c3ccccc3)ccn12. The monoisotopic (exact) mass is 406 g/mol. The molecule has 1 aliphatic heterocycles. The van der Waals surface area contributed by atoms with E-state index in [1.54, 1.807) is 6.20 Å². The zero-order valence-corrected chi connectivity index (χ0v) is 16.2. The number of aromatic nitrogens is 4. The largest absolute Gasteiger partial charge is 0.351 e. The molecule has 0 bridgehead atoms. The van der Waals surface area contributed by atoms with Gasteiger partial charge in [-0.15, -0.1) is 9.60 Å². The maximum absolute atomic E-state index is 14.6. The molecule has 152 valence electrons. The van der Waals surface area contributed by atoms with Crippen molar-refractivity contribution in [1.82, 2.24) is 24.5 Å². The van der Waals surface area contributed by atoms with Crippen LogP contribution >= 0.6 is 0 Å². The fraction of sp³-hybridized carbons (Fsp3) is 0.227.